The van der Waals surface area contributed by atoms with Crippen molar-refractivity contribution in [3.8, 4) is 0 Å². The first-order valence-corrected chi connectivity index (χ1v) is 12.4. The van der Waals surface area contributed by atoms with E-state index in [9.17, 15) is 0 Å². The molecule has 66 valence electrons. The predicted molar refractivity (Wildman–Crippen MR) is 58.4 cm³/mol. The fourth-order valence-electron chi connectivity index (χ4n) is 2.08. The summed E-state index contributed by atoms with van der Waals surface area (Å²) in [7, 11) is -1.44. The molecule has 0 aromatic rings. The maximum Gasteiger partial charge on any atom is 0.0440 e. The van der Waals surface area contributed by atoms with E-state index >= 15 is 0 Å². The lowest BCUT2D eigenvalue weighted by Crippen LogP contribution is -2.55. The van der Waals surface area contributed by atoms with Gasteiger partial charge in [-0.2, -0.15) is 0 Å². The van der Waals surface area contributed by atoms with Crippen LogP contribution in [-0.4, -0.2) is 15.2 Å². The number of hydrogen-bond acceptors (Lipinski definition) is 0. The standard InChI is InChI=1S/C9H22Si2/c1-10(2,3)11(4)8-6-5-7-9-11/h5-9H2,1-4H3. The molecule has 0 amide bonds. The molecule has 0 aromatic heterocycles. The molecular weight excluding hydrogens is 164 g/mol. The van der Waals surface area contributed by atoms with E-state index in [2.05, 4.69) is 26.2 Å². The van der Waals surface area contributed by atoms with Gasteiger partial charge in [0.25, 0.3) is 0 Å². The molecule has 0 saturated carbocycles. The molecule has 1 aliphatic rings. The Labute approximate surface area is 73.2 Å². The normalized spacial score (nSPS) is 25.1. The van der Waals surface area contributed by atoms with E-state index in [1.54, 1.807) is 24.9 Å². The minimum absolute atomic E-state index is 0.699. The highest BCUT2D eigenvalue weighted by Crippen LogP contribution is 2.35. The van der Waals surface area contributed by atoms with Crippen LogP contribution in [0.2, 0.25) is 38.3 Å². The number of hydrogen-bond donors (Lipinski definition) is 0. The van der Waals surface area contributed by atoms with E-state index in [0.717, 1.165) is 0 Å². The van der Waals surface area contributed by atoms with Crippen LogP contribution in [0.4, 0.5) is 0 Å². The molecule has 0 atom stereocenters. The van der Waals surface area contributed by atoms with Crippen molar-refractivity contribution in [1.29, 1.82) is 0 Å². The van der Waals surface area contributed by atoms with Gasteiger partial charge in [0.2, 0.25) is 0 Å². The van der Waals surface area contributed by atoms with E-state index < -0.39 is 15.2 Å². The smallest absolute Gasteiger partial charge is 0.0440 e. The lowest BCUT2D eigenvalue weighted by atomic mass is 10.3. The average molecular weight is 186 g/mol. The van der Waals surface area contributed by atoms with Crippen molar-refractivity contribution >= 4 is 15.2 Å². The highest BCUT2D eigenvalue weighted by Gasteiger charge is 2.41. The molecule has 0 aromatic carbocycles. The van der Waals surface area contributed by atoms with E-state index in [-0.39, 0.29) is 0 Å². The molecule has 0 nitrogen and oxygen atoms in total. The Morgan fingerprint density at radius 1 is 0.909 bits per heavy atom. The van der Waals surface area contributed by atoms with Gasteiger partial charge in [-0.15, -0.1) is 0 Å². The summed E-state index contributed by atoms with van der Waals surface area (Å²) in [5.74, 6) is 0. The lowest BCUT2D eigenvalue weighted by molar-refractivity contribution is 0.719. The van der Waals surface area contributed by atoms with Gasteiger partial charge in [-0.1, -0.05) is 57.5 Å². The zero-order valence-corrected chi connectivity index (χ0v) is 10.5. The van der Waals surface area contributed by atoms with E-state index in [1.807, 2.05) is 0 Å². The highest BCUT2D eigenvalue weighted by molar-refractivity contribution is 7.40. The average Bonchev–Trinajstić information content (AvgIpc) is 1.87. The second-order valence-electron chi connectivity index (χ2n) is 5.37. The van der Waals surface area contributed by atoms with Gasteiger partial charge in [-0.3, -0.25) is 0 Å². The Kier molecular flexibility index (Phi) is 2.64. The van der Waals surface area contributed by atoms with E-state index in [4.69, 9.17) is 0 Å². The molecule has 1 fully saturated rings. The molecular formula is C9H22Si2. The molecule has 1 saturated heterocycles. The Bertz CT molecular complexity index is 129. The Morgan fingerprint density at radius 3 is 1.64 bits per heavy atom. The Balaban J connectivity index is 2.64. The van der Waals surface area contributed by atoms with Crippen LogP contribution in [0, 0.1) is 0 Å². The third-order valence-electron chi connectivity index (χ3n) is 3.77. The summed E-state index contributed by atoms with van der Waals surface area (Å²) in [6.07, 6.45) is 4.62. The molecule has 1 heterocycles. The highest BCUT2D eigenvalue weighted by atomic mass is 29.3. The SMILES string of the molecule is C[Si](C)(C)[Si]1(C)CCCCC1. The lowest BCUT2D eigenvalue weighted by Gasteiger charge is -2.41. The maximum absolute atomic E-state index is 2.67. The summed E-state index contributed by atoms with van der Waals surface area (Å²) in [6, 6.07) is 3.28. The summed E-state index contributed by atoms with van der Waals surface area (Å²) in [5, 5.41) is 0. The van der Waals surface area contributed by atoms with Crippen molar-refractivity contribution < 1.29 is 0 Å². The first-order valence-electron chi connectivity index (χ1n) is 4.96. The third kappa shape index (κ3) is 1.97. The van der Waals surface area contributed by atoms with Crippen LogP contribution in [-0.2, 0) is 0 Å². The van der Waals surface area contributed by atoms with Gasteiger partial charge in [0.1, 0.15) is 0 Å². The fraction of sp³-hybridized carbons (Fsp3) is 1.00. The second-order valence-corrected chi connectivity index (χ2v) is 22.1. The zero-order valence-electron chi connectivity index (χ0n) is 8.54. The van der Waals surface area contributed by atoms with Gasteiger partial charge >= 0.3 is 0 Å². The monoisotopic (exact) mass is 186 g/mol. The van der Waals surface area contributed by atoms with Crippen molar-refractivity contribution in [2.24, 2.45) is 0 Å². The minimum Gasteiger partial charge on any atom is -0.0715 e. The van der Waals surface area contributed by atoms with Crippen molar-refractivity contribution in [3.05, 3.63) is 0 Å². The molecule has 0 N–H and O–H groups in total. The van der Waals surface area contributed by atoms with Crippen LogP contribution < -0.4 is 0 Å². The molecule has 2 heteroatoms. The molecule has 0 unspecified atom stereocenters. The summed E-state index contributed by atoms with van der Waals surface area (Å²) in [6.45, 7) is 10.4. The van der Waals surface area contributed by atoms with Crippen LogP contribution in [0.1, 0.15) is 19.3 Å². The maximum atomic E-state index is 2.67. The predicted octanol–water partition coefficient (Wildman–Crippen LogP) is 3.67. The molecule has 0 aliphatic carbocycles. The van der Waals surface area contributed by atoms with Crippen molar-refractivity contribution in [2.75, 3.05) is 0 Å². The van der Waals surface area contributed by atoms with Crippen LogP contribution in [0.15, 0.2) is 0 Å². The molecule has 11 heavy (non-hydrogen) atoms. The quantitative estimate of drug-likeness (QED) is 0.548. The topological polar surface area (TPSA) is 0 Å². The molecule has 0 spiro atoms. The van der Waals surface area contributed by atoms with Crippen LogP contribution in [0.5, 0.6) is 0 Å². The number of rotatable bonds is 1. The van der Waals surface area contributed by atoms with E-state index in [1.165, 1.54) is 6.42 Å². The largest absolute Gasteiger partial charge is 0.0715 e. The first-order chi connectivity index (χ1) is 4.96. The van der Waals surface area contributed by atoms with Crippen LogP contribution in [0.25, 0.3) is 0 Å². The van der Waals surface area contributed by atoms with Gasteiger partial charge in [0, 0.05) is 15.2 Å². The van der Waals surface area contributed by atoms with Crippen molar-refractivity contribution in [2.45, 2.75) is 57.5 Å². The van der Waals surface area contributed by atoms with Gasteiger partial charge in [0.15, 0.2) is 0 Å². The summed E-state index contributed by atoms with van der Waals surface area (Å²) in [5.41, 5.74) is 0. The summed E-state index contributed by atoms with van der Waals surface area (Å²) >= 11 is 0. The van der Waals surface area contributed by atoms with Crippen molar-refractivity contribution in [1.82, 2.24) is 0 Å². The fourth-order valence-corrected chi connectivity index (χ4v) is 11.5. The van der Waals surface area contributed by atoms with Gasteiger partial charge in [-0.05, 0) is 0 Å². The van der Waals surface area contributed by atoms with Crippen LogP contribution >= 0.6 is 0 Å². The second kappa shape index (κ2) is 3.06. The Hall–Kier alpha value is 0.434. The van der Waals surface area contributed by atoms with Gasteiger partial charge in [-0.25, -0.2) is 0 Å². The molecule has 1 rings (SSSR count). The third-order valence-corrected chi connectivity index (χ3v) is 22.7. The van der Waals surface area contributed by atoms with Crippen molar-refractivity contribution in [3.63, 3.8) is 0 Å². The molecule has 1 aliphatic heterocycles. The molecule has 0 radical (unpaired) electrons. The van der Waals surface area contributed by atoms with Crippen LogP contribution in [0.3, 0.4) is 0 Å². The summed E-state index contributed by atoms with van der Waals surface area (Å²) in [4.78, 5) is 0. The molecule has 0 bridgehead atoms. The van der Waals surface area contributed by atoms with Gasteiger partial charge < -0.3 is 0 Å². The first kappa shape index (κ1) is 9.52. The van der Waals surface area contributed by atoms with E-state index in [0.29, 0.717) is 0 Å². The summed E-state index contributed by atoms with van der Waals surface area (Å²) < 4.78 is 0. The Morgan fingerprint density at radius 2 is 1.36 bits per heavy atom. The zero-order chi connectivity index (χ0) is 8.54. The minimum atomic E-state index is -0.742. The van der Waals surface area contributed by atoms with Gasteiger partial charge in [0.05, 0.1) is 0 Å².